The lowest BCUT2D eigenvalue weighted by atomic mass is 9.94. The Labute approximate surface area is 221 Å². The molecule has 4 aromatic carbocycles. The first kappa shape index (κ1) is 23.6. The van der Waals surface area contributed by atoms with Gasteiger partial charge in [0, 0.05) is 80.0 Å². The molecule has 0 aliphatic carbocycles. The van der Waals surface area contributed by atoms with E-state index in [1.165, 1.54) is 9.80 Å². The summed E-state index contributed by atoms with van der Waals surface area (Å²) in [6, 6.07) is 17.1. The third-order valence-corrected chi connectivity index (χ3v) is 7.56. The maximum Gasteiger partial charge on any atom is 0.261 e. The highest BCUT2D eigenvalue weighted by atomic mass is 35.5. The maximum absolute atomic E-state index is 13.1. The van der Waals surface area contributed by atoms with E-state index in [1.54, 1.807) is 60.7 Å². The molecule has 184 valence electrons. The average molecular weight is 532 g/mol. The van der Waals surface area contributed by atoms with Crippen LogP contribution in [0.5, 0.6) is 0 Å². The van der Waals surface area contributed by atoms with Gasteiger partial charge in [-0.15, -0.1) is 0 Å². The number of nitrogens with zero attached hydrogens (tertiary/aromatic N) is 2. The van der Waals surface area contributed by atoms with Crippen molar-refractivity contribution in [1.82, 2.24) is 15.1 Å². The molecule has 1 N–H and O–H groups in total. The number of halogens is 2. The predicted molar refractivity (Wildman–Crippen MR) is 142 cm³/mol. The Morgan fingerprint density at radius 3 is 1.32 bits per heavy atom. The van der Waals surface area contributed by atoms with Crippen LogP contribution in [0.3, 0.4) is 0 Å². The van der Waals surface area contributed by atoms with Crippen LogP contribution >= 0.6 is 23.2 Å². The van der Waals surface area contributed by atoms with Crippen LogP contribution < -0.4 is 5.32 Å². The molecular formula is C28H19Cl2N3O4. The van der Waals surface area contributed by atoms with Gasteiger partial charge in [0.15, 0.2) is 0 Å². The van der Waals surface area contributed by atoms with E-state index in [4.69, 9.17) is 23.2 Å². The van der Waals surface area contributed by atoms with Gasteiger partial charge in [-0.05, 0) is 36.4 Å². The lowest BCUT2D eigenvalue weighted by molar-refractivity contribution is 0.0607. The van der Waals surface area contributed by atoms with Gasteiger partial charge in [-0.1, -0.05) is 47.5 Å². The molecule has 0 atom stereocenters. The molecule has 4 amide bonds. The number of imide groups is 2. The van der Waals surface area contributed by atoms with Crippen molar-refractivity contribution in [3.05, 3.63) is 93.0 Å². The van der Waals surface area contributed by atoms with Gasteiger partial charge in [0.2, 0.25) is 0 Å². The summed E-state index contributed by atoms with van der Waals surface area (Å²) in [6.45, 7) is 0.875. The molecule has 37 heavy (non-hydrogen) atoms. The van der Waals surface area contributed by atoms with Crippen molar-refractivity contribution in [3.8, 4) is 0 Å². The molecule has 4 aromatic rings. The van der Waals surface area contributed by atoms with Crippen LogP contribution in [0.15, 0.2) is 60.7 Å². The number of amides is 4. The summed E-state index contributed by atoms with van der Waals surface area (Å²) in [5.74, 6) is -1.51. The Morgan fingerprint density at radius 2 is 0.919 bits per heavy atom. The van der Waals surface area contributed by atoms with Gasteiger partial charge in [-0.2, -0.15) is 0 Å². The smallest absolute Gasteiger partial charge is 0.261 e. The maximum atomic E-state index is 13.1. The van der Waals surface area contributed by atoms with Crippen LogP contribution in [0.1, 0.15) is 41.4 Å². The Kier molecular flexibility index (Phi) is 5.71. The fourth-order valence-corrected chi connectivity index (χ4v) is 5.58. The Bertz CT molecular complexity index is 1520. The summed E-state index contributed by atoms with van der Waals surface area (Å²) in [6.07, 6.45) is 0. The Hall–Kier alpha value is -3.78. The van der Waals surface area contributed by atoms with Crippen molar-refractivity contribution in [2.75, 3.05) is 26.2 Å². The van der Waals surface area contributed by atoms with Crippen LogP contribution in [0.4, 0.5) is 0 Å². The minimum atomic E-state index is -0.378. The zero-order valence-electron chi connectivity index (χ0n) is 19.4. The highest BCUT2D eigenvalue weighted by Gasteiger charge is 2.34. The quantitative estimate of drug-likeness (QED) is 0.285. The first-order chi connectivity index (χ1) is 17.9. The highest BCUT2D eigenvalue weighted by Crippen LogP contribution is 2.35. The predicted octanol–water partition coefficient (Wildman–Crippen LogP) is 4.78. The van der Waals surface area contributed by atoms with E-state index < -0.39 is 0 Å². The van der Waals surface area contributed by atoms with Crippen LogP contribution in [0.2, 0.25) is 10.0 Å². The molecule has 2 heterocycles. The van der Waals surface area contributed by atoms with Gasteiger partial charge in [-0.25, -0.2) is 0 Å². The van der Waals surface area contributed by atoms with Gasteiger partial charge < -0.3 is 5.32 Å². The molecule has 0 fully saturated rings. The normalized spacial score (nSPS) is 14.9. The number of nitrogens with one attached hydrogen (secondary N) is 1. The first-order valence-electron chi connectivity index (χ1n) is 11.7. The van der Waals surface area contributed by atoms with E-state index in [-0.39, 0.29) is 36.7 Å². The topological polar surface area (TPSA) is 86.8 Å². The molecule has 0 radical (unpaired) electrons. The van der Waals surface area contributed by atoms with E-state index in [0.29, 0.717) is 66.9 Å². The van der Waals surface area contributed by atoms with Crippen molar-refractivity contribution in [3.63, 3.8) is 0 Å². The van der Waals surface area contributed by atoms with Crippen LogP contribution in [0, 0.1) is 0 Å². The van der Waals surface area contributed by atoms with Gasteiger partial charge in [-0.3, -0.25) is 29.0 Å². The second kappa shape index (κ2) is 8.95. The summed E-state index contributed by atoms with van der Waals surface area (Å²) >= 11 is 12.5. The summed E-state index contributed by atoms with van der Waals surface area (Å²) in [7, 11) is 0. The second-order valence-corrected chi connectivity index (χ2v) is 9.73. The third-order valence-electron chi connectivity index (χ3n) is 6.90. The van der Waals surface area contributed by atoms with E-state index >= 15 is 0 Å². The van der Waals surface area contributed by atoms with Crippen molar-refractivity contribution < 1.29 is 19.2 Å². The SMILES string of the molecule is O=C1c2cccc3c(Cl)ccc(c23)C(=O)N1CCNCCN1C(=O)c2cccc3c(Cl)ccc(c23)C1=O. The second-order valence-electron chi connectivity index (χ2n) is 8.92. The van der Waals surface area contributed by atoms with Gasteiger partial charge >= 0.3 is 0 Å². The number of hydrogen-bond acceptors (Lipinski definition) is 5. The van der Waals surface area contributed by atoms with Gasteiger partial charge in [0.25, 0.3) is 23.6 Å². The zero-order chi connectivity index (χ0) is 25.8. The molecule has 2 aliphatic heterocycles. The molecule has 0 bridgehead atoms. The third kappa shape index (κ3) is 3.62. The Balaban J connectivity index is 1.13. The number of rotatable bonds is 6. The van der Waals surface area contributed by atoms with Crippen LogP contribution in [-0.2, 0) is 0 Å². The minimum Gasteiger partial charge on any atom is -0.313 e. The van der Waals surface area contributed by atoms with Crippen molar-refractivity contribution in [1.29, 1.82) is 0 Å². The van der Waals surface area contributed by atoms with Gasteiger partial charge in [0.05, 0.1) is 0 Å². The Morgan fingerprint density at radius 1 is 0.541 bits per heavy atom. The summed E-state index contributed by atoms with van der Waals surface area (Å²) in [5.41, 5.74) is 1.75. The van der Waals surface area contributed by atoms with Crippen LogP contribution in [-0.4, -0.2) is 59.6 Å². The molecule has 7 nitrogen and oxygen atoms in total. The van der Waals surface area contributed by atoms with Crippen molar-refractivity contribution in [2.45, 2.75) is 0 Å². The van der Waals surface area contributed by atoms with E-state index in [0.717, 1.165) is 0 Å². The molecule has 0 aromatic heterocycles. The number of benzene rings is 4. The standard InChI is InChI=1S/C28H19Cl2N3O4/c29-21-9-7-19-23-15(21)3-1-5-17(23)25(34)32(27(19)36)13-11-31-12-14-33-26(35)18-6-2-4-16-22(30)10-8-20(24(16)18)28(33)37/h1-10,31H,11-14H2. The lowest BCUT2D eigenvalue weighted by Gasteiger charge is -2.28. The van der Waals surface area contributed by atoms with Crippen LogP contribution in [0.25, 0.3) is 21.5 Å². The van der Waals surface area contributed by atoms with Gasteiger partial charge in [0.1, 0.15) is 0 Å². The molecule has 2 aliphatic rings. The lowest BCUT2D eigenvalue weighted by Crippen LogP contribution is -2.46. The average Bonchev–Trinajstić information content (AvgIpc) is 2.90. The molecule has 0 saturated carbocycles. The highest BCUT2D eigenvalue weighted by molar-refractivity contribution is 6.38. The van der Waals surface area contributed by atoms with E-state index in [9.17, 15) is 19.2 Å². The summed E-state index contributed by atoms with van der Waals surface area (Å²) in [5, 5.41) is 6.61. The molecular weight excluding hydrogens is 513 g/mol. The fraction of sp³-hybridized carbons (Fsp3) is 0.143. The largest absolute Gasteiger partial charge is 0.313 e. The molecule has 0 saturated heterocycles. The molecule has 0 spiro atoms. The summed E-state index contributed by atoms with van der Waals surface area (Å²) in [4.78, 5) is 54.7. The van der Waals surface area contributed by atoms with Crippen molar-refractivity contribution >= 4 is 68.4 Å². The number of carbonyl (C=O) groups is 4. The number of hydrogen-bond donors (Lipinski definition) is 1. The minimum absolute atomic E-state index is 0.138. The van der Waals surface area contributed by atoms with Crippen molar-refractivity contribution in [2.24, 2.45) is 0 Å². The van der Waals surface area contributed by atoms with E-state index in [1.807, 2.05) is 0 Å². The van der Waals surface area contributed by atoms with E-state index in [2.05, 4.69) is 5.32 Å². The monoisotopic (exact) mass is 531 g/mol. The first-order valence-corrected chi connectivity index (χ1v) is 12.5. The fourth-order valence-electron chi connectivity index (χ4n) is 5.13. The zero-order valence-corrected chi connectivity index (χ0v) is 20.9. The molecule has 9 heteroatoms. The summed E-state index contributed by atoms with van der Waals surface area (Å²) < 4.78 is 0. The molecule has 6 rings (SSSR count). The molecule has 0 unspecified atom stereocenters. The number of carbonyl (C=O) groups excluding carboxylic acids is 4.